The smallest absolute Gasteiger partial charge is 0.119 e. The van der Waals surface area contributed by atoms with E-state index in [0.29, 0.717) is 0 Å². The van der Waals surface area contributed by atoms with Gasteiger partial charge in [0, 0.05) is 6.21 Å². The highest BCUT2D eigenvalue weighted by molar-refractivity contribution is 5.84. The second-order valence-corrected chi connectivity index (χ2v) is 4.83. The van der Waals surface area contributed by atoms with Crippen molar-refractivity contribution in [3.05, 3.63) is 58.7 Å². The molecule has 0 radical (unpaired) electrons. The summed E-state index contributed by atoms with van der Waals surface area (Å²) in [5.74, 6) is 0.876. The number of rotatable bonds is 3. The van der Waals surface area contributed by atoms with Crippen LogP contribution in [0.1, 0.15) is 22.3 Å². The number of nitrogens with zero attached hydrogens (tertiary/aromatic N) is 1. The van der Waals surface area contributed by atoms with Crippen LogP contribution in [0.25, 0.3) is 0 Å². The van der Waals surface area contributed by atoms with Crippen LogP contribution >= 0.6 is 0 Å². The Morgan fingerprint density at radius 2 is 1.63 bits per heavy atom. The molecule has 0 N–H and O–H groups in total. The van der Waals surface area contributed by atoms with E-state index < -0.39 is 0 Å². The molecule has 0 saturated heterocycles. The number of hydrogen-bond acceptors (Lipinski definition) is 2. The van der Waals surface area contributed by atoms with E-state index in [1.807, 2.05) is 24.4 Å². The van der Waals surface area contributed by atoms with Crippen LogP contribution in [0.15, 0.2) is 41.4 Å². The number of hydrogen-bond donors (Lipinski definition) is 0. The molecule has 0 aliphatic rings. The van der Waals surface area contributed by atoms with E-state index in [-0.39, 0.29) is 0 Å². The highest BCUT2D eigenvalue weighted by Crippen LogP contribution is 2.19. The fourth-order valence-corrected chi connectivity index (χ4v) is 2.09. The van der Waals surface area contributed by atoms with Gasteiger partial charge in [-0.15, -0.1) is 0 Å². The highest BCUT2D eigenvalue weighted by Gasteiger charge is 1.98. The Morgan fingerprint density at radius 1 is 0.947 bits per heavy atom. The molecule has 0 amide bonds. The Bertz CT molecular complexity index is 594. The third-order valence-electron chi connectivity index (χ3n) is 3.04. The van der Waals surface area contributed by atoms with E-state index in [9.17, 15) is 0 Å². The fourth-order valence-electron chi connectivity index (χ4n) is 2.09. The summed E-state index contributed by atoms with van der Waals surface area (Å²) in [4.78, 5) is 4.55. The molecular formula is C17H19NO. The summed E-state index contributed by atoms with van der Waals surface area (Å²) in [5, 5.41) is 0. The van der Waals surface area contributed by atoms with Crippen LogP contribution in [-0.2, 0) is 0 Å². The van der Waals surface area contributed by atoms with Crippen LogP contribution in [0.2, 0.25) is 0 Å². The van der Waals surface area contributed by atoms with Crippen LogP contribution in [0.5, 0.6) is 5.75 Å². The summed E-state index contributed by atoms with van der Waals surface area (Å²) >= 11 is 0. The standard InChI is InChI=1S/C17H19NO/c1-12-7-13(2)9-16(8-12)18-11-15-5-6-17(19-4)10-14(15)3/h5-11H,1-4H3. The second kappa shape index (κ2) is 5.70. The van der Waals surface area contributed by atoms with Gasteiger partial charge in [-0.2, -0.15) is 0 Å². The fraction of sp³-hybridized carbons (Fsp3) is 0.235. The van der Waals surface area contributed by atoms with Gasteiger partial charge in [0.2, 0.25) is 0 Å². The van der Waals surface area contributed by atoms with Gasteiger partial charge in [0.1, 0.15) is 5.75 Å². The van der Waals surface area contributed by atoms with E-state index in [1.54, 1.807) is 7.11 Å². The molecule has 2 aromatic carbocycles. The zero-order chi connectivity index (χ0) is 13.8. The maximum atomic E-state index is 5.20. The number of methoxy groups -OCH3 is 1. The minimum Gasteiger partial charge on any atom is -0.497 e. The van der Waals surface area contributed by atoms with Gasteiger partial charge in [-0.1, -0.05) is 6.07 Å². The van der Waals surface area contributed by atoms with Crippen LogP contribution in [0.3, 0.4) is 0 Å². The first-order valence-electron chi connectivity index (χ1n) is 6.35. The SMILES string of the molecule is COc1ccc(C=Nc2cc(C)cc(C)c2)c(C)c1. The maximum Gasteiger partial charge on any atom is 0.119 e. The van der Waals surface area contributed by atoms with Gasteiger partial charge < -0.3 is 4.74 Å². The summed E-state index contributed by atoms with van der Waals surface area (Å²) in [6, 6.07) is 12.3. The summed E-state index contributed by atoms with van der Waals surface area (Å²) in [6.45, 7) is 6.24. The average molecular weight is 253 g/mol. The van der Waals surface area contributed by atoms with Crippen LogP contribution < -0.4 is 4.74 Å². The molecular weight excluding hydrogens is 234 g/mol. The molecule has 0 bridgehead atoms. The topological polar surface area (TPSA) is 21.6 Å². The molecule has 2 rings (SSSR count). The maximum absolute atomic E-state index is 5.20. The number of ether oxygens (including phenoxy) is 1. The molecule has 0 aliphatic heterocycles. The molecule has 0 spiro atoms. The Morgan fingerprint density at radius 3 is 2.21 bits per heavy atom. The third kappa shape index (κ3) is 3.44. The minimum absolute atomic E-state index is 0.876. The first kappa shape index (κ1) is 13.3. The van der Waals surface area contributed by atoms with Gasteiger partial charge in [0.15, 0.2) is 0 Å². The van der Waals surface area contributed by atoms with Crippen molar-refractivity contribution in [2.75, 3.05) is 7.11 Å². The summed E-state index contributed by atoms with van der Waals surface area (Å²) in [5.41, 5.74) is 5.73. The molecule has 0 aromatic heterocycles. The van der Waals surface area contributed by atoms with Crippen molar-refractivity contribution >= 4 is 11.9 Å². The monoisotopic (exact) mass is 253 g/mol. The molecule has 0 atom stereocenters. The van der Waals surface area contributed by atoms with Gasteiger partial charge in [0.25, 0.3) is 0 Å². The Balaban J connectivity index is 2.27. The predicted molar refractivity (Wildman–Crippen MR) is 80.9 cm³/mol. The third-order valence-corrected chi connectivity index (χ3v) is 3.04. The van der Waals surface area contributed by atoms with Crippen LogP contribution in [-0.4, -0.2) is 13.3 Å². The largest absolute Gasteiger partial charge is 0.497 e. The van der Waals surface area contributed by atoms with Gasteiger partial charge in [0.05, 0.1) is 12.8 Å². The molecule has 0 unspecified atom stereocenters. The molecule has 2 heteroatoms. The van der Waals surface area contributed by atoms with Gasteiger partial charge in [-0.05, 0) is 73.4 Å². The Hall–Kier alpha value is -2.09. The lowest BCUT2D eigenvalue weighted by Crippen LogP contribution is -1.89. The normalized spacial score (nSPS) is 10.9. The van der Waals surface area contributed by atoms with E-state index in [0.717, 1.165) is 22.6 Å². The number of aliphatic imine (C=N–C) groups is 1. The van der Waals surface area contributed by atoms with Crippen molar-refractivity contribution in [1.82, 2.24) is 0 Å². The molecule has 0 fully saturated rings. The van der Waals surface area contributed by atoms with E-state index in [4.69, 9.17) is 4.74 Å². The van der Waals surface area contributed by atoms with E-state index in [2.05, 4.69) is 44.0 Å². The molecule has 2 nitrogen and oxygen atoms in total. The lowest BCUT2D eigenvalue weighted by molar-refractivity contribution is 0.414. The quantitative estimate of drug-likeness (QED) is 0.744. The van der Waals surface area contributed by atoms with Gasteiger partial charge in [-0.3, -0.25) is 4.99 Å². The lowest BCUT2D eigenvalue weighted by atomic mass is 10.1. The number of aryl methyl sites for hydroxylation is 3. The zero-order valence-electron chi connectivity index (χ0n) is 11.9. The predicted octanol–water partition coefficient (Wildman–Crippen LogP) is 4.37. The van der Waals surface area contributed by atoms with Crippen molar-refractivity contribution in [2.24, 2.45) is 4.99 Å². The Kier molecular flexibility index (Phi) is 4.00. The highest BCUT2D eigenvalue weighted by atomic mass is 16.5. The first-order valence-corrected chi connectivity index (χ1v) is 6.35. The van der Waals surface area contributed by atoms with E-state index >= 15 is 0 Å². The molecule has 0 saturated carbocycles. The molecule has 0 heterocycles. The zero-order valence-corrected chi connectivity index (χ0v) is 11.9. The van der Waals surface area contributed by atoms with Crippen LogP contribution in [0, 0.1) is 20.8 Å². The summed E-state index contributed by atoms with van der Waals surface area (Å²) in [7, 11) is 1.68. The number of benzene rings is 2. The summed E-state index contributed by atoms with van der Waals surface area (Å²) < 4.78 is 5.20. The average Bonchev–Trinajstić information content (AvgIpc) is 2.36. The van der Waals surface area contributed by atoms with E-state index in [1.165, 1.54) is 11.1 Å². The molecule has 19 heavy (non-hydrogen) atoms. The first-order chi connectivity index (χ1) is 9.08. The summed E-state index contributed by atoms with van der Waals surface area (Å²) in [6.07, 6.45) is 1.91. The molecule has 98 valence electrons. The van der Waals surface area contributed by atoms with Crippen molar-refractivity contribution in [2.45, 2.75) is 20.8 Å². The molecule has 0 aliphatic carbocycles. The lowest BCUT2D eigenvalue weighted by Gasteiger charge is -2.04. The molecule has 2 aromatic rings. The van der Waals surface area contributed by atoms with Crippen molar-refractivity contribution in [1.29, 1.82) is 0 Å². The van der Waals surface area contributed by atoms with Gasteiger partial charge >= 0.3 is 0 Å². The van der Waals surface area contributed by atoms with Crippen molar-refractivity contribution in [3.63, 3.8) is 0 Å². The minimum atomic E-state index is 0.876. The second-order valence-electron chi connectivity index (χ2n) is 4.83. The van der Waals surface area contributed by atoms with Crippen molar-refractivity contribution in [3.8, 4) is 5.75 Å². The Labute approximate surface area is 114 Å². The van der Waals surface area contributed by atoms with Crippen molar-refractivity contribution < 1.29 is 4.74 Å². The van der Waals surface area contributed by atoms with Crippen LogP contribution in [0.4, 0.5) is 5.69 Å². The van der Waals surface area contributed by atoms with Gasteiger partial charge in [-0.25, -0.2) is 0 Å².